The Morgan fingerprint density at radius 1 is 1.04 bits per heavy atom. The van der Waals surface area contributed by atoms with Crippen LogP contribution in [-0.2, 0) is 6.42 Å². The van der Waals surface area contributed by atoms with Crippen LogP contribution in [-0.4, -0.2) is 16.0 Å². The second-order valence-corrected chi connectivity index (χ2v) is 6.81. The zero-order chi connectivity index (χ0) is 17.8. The van der Waals surface area contributed by atoms with Gasteiger partial charge in [0, 0.05) is 29.1 Å². The van der Waals surface area contributed by atoms with Crippen LogP contribution in [0, 0.1) is 0 Å². The minimum Gasteiger partial charge on any atom is -0.350 e. The molecule has 0 atom stereocenters. The molecule has 4 aromatic rings. The summed E-state index contributed by atoms with van der Waals surface area (Å²) in [5, 5.41) is 7.26. The first kappa shape index (κ1) is 16.2. The van der Waals surface area contributed by atoms with Crippen molar-refractivity contribution in [3.05, 3.63) is 89.1 Å². The molecule has 1 amide bonds. The van der Waals surface area contributed by atoms with Gasteiger partial charge in [-0.3, -0.25) is 10.1 Å². The Morgan fingerprint density at radius 3 is 2.54 bits per heavy atom. The smallest absolute Gasteiger partial charge is 0.296 e. The number of carbonyl (C=O) groups is 1. The van der Waals surface area contributed by atoms with Gasteiger partial charge in [-0.05, 0) is 5.56 Å². The molecule has 2 aromatic carbocycles. The minimum absolute atomic E-state index is 0.156. The van der Waals surface area contributed by atoms with Crippen molar-refractivity contribution in [2.45, 2.75) is 6.42 Å². The number of rotatable bonds is 5. The van der Waals surface area contributed by atoms with Crippen LogP contribution >= 0.6 is 11.3 Å². The number of hydrogen-bond acceptors (Lipinski definition) is 5. The number of aromatic nitrogens is 2. The third kappa shape index (κ3) is 3.70. The standard InChI is InChI=1S/C20H15N3O2S/c24-19(18-12-17(23-25-18)15-9-5-2-6-10-15)22-20-21-13-16(26-20)11-14-7-3-1-4-8-14/h1-10,12-13H,11H2,(H,21,22,24). The largest absolute Gasteiger partial charge is 0.350 e. The number of nitrogens with zero attached hydrogens (tertiary/aromatic N) is 2. The van der Waals surface area contributed by atoms with E-state index in [2.05, 4.69) is 27.6 Å². The highest BCUT2D eigenvalue weighted by atomic mass is 32.1. The van der Waals surface area contributed by atoms with Crippen molar-refractivity contribution < 1.29 is 9.32 Å². The third-order valence-electron chi connectivity index (χ3n) is 3.80. The molecule has 0 saturated heterocycles. The highest BCUT2D eigenvalue weighted by Crippen LogP contribution is 2.23. The van der Waals surface area contributed by atoms with Gasteiger partial charge in [-0.15, -0.1) is 11.3 Å². The van der Waals surface area contributed by atoms with E-state index in [1.807, 2.05) is 48.5 Å². The molecule has 5 nitrogen and oxygen atoms in total. The van der Waals surface area contributed by atoms with E-state index in [9.17, 15) is 4.79 Å². The lowest BCUT2D eigenvalue weighted by atomic mass is 10.1. The predicted octanol–water partition coefficient (Wildman–Crippen LogP) is 4.64. The van der Waals surface area contributed by atoms with Crippen molar-refractivity contribution in [3.8, 4) is 11.3 Å². The van der Waals surface area contributed by atoms with E-state index < -0.39 is 0 Å². The van der Waals surface area contributed by atoms with Gasteiger partial charge < -0.3 is 4.52 Å². The molecular formula is C20H15N3O2S. The summed E-state index contributed by atoms with van der Waals surface area (Å²) in [6.07, 6.45) is 2.57. The normalized spacial score (nSPS) is 10.6. The molecule has 0 fully saturated rings. The lowest BCUT2D eigenvalue weighted by molar-refractivity contribution is 0.0988. The van der Waals surface area contributed by atoms with Crippen LogP contribution in [0.1, 0.15) is 21.0 Å². The molecule has 26 heavy (non-hydrogen) atoms. The van der Waals surface area contributed by atoms with Gasteiger partial charge in [-0.25, -0.2) is 4.98 Å². The maximum atomic E-state index is 12.3. The van der Waals surface area contributed by atoms with E-state index in [0.717, 1.165) is 16.9 Å². The second-order valence-electron chi connectivity index (χ2n) is 5.69. The van der Waals surface area contributed by atoms with E-state index in [1.165, 1.54) is 16.9 Å². The van der Waals surface area contributed by atoms with Crippen molar-refractivity contribution in [2.24, 2.45) is 0 Å². The molecule has 0 aliphatic rings. The zero-order valence-corrected chi connectivity index (χ0v) is 14.6. The Kier molecular flexibility index (Phi) is 4.57. The summed E-state index contributed by atoms with van der Waals surface area (Å²) in [6.45, 7) is 0. The lowest BCUT2D eigenvalue weighted by Gasteiger charge is -1.97. The fourth-order valence-corrected chi connectivity index (χ4v) is 3.37. The molecule has 0 unspecified atom stereocenters. The fourth-order valence-electron chi connectivity index (χ4n) is 2.53. The highest BCUT2D eigenvalue weighted by molar-refractivity contribution is 7.15. The molecule has 0 saturated carbocycles. The molecule has 2 aromatic heterocycles. The van der Waals surface area contributed by atoms with Crippen LogP contribution in [0.25, 0.3) is 11.3 Å². The monoisotopic (exact) mass is 361 g/mol. The van der Waals surface area contributed by atoms with Crippen molar-refractivity contribution in [1.82, 2.24) is 10.1 Å². The van der Waals surface area contributed by atoms with Gasteiger partial charge >= 0.3 is 0 Å². The van der Waals surface area contributed by atoms with E-state index in [0.29, 0.717) is 10.8 Å². The summed E-state index contributed by atoms with van der Waals surface area (Å²) in [5.41, 5.74) is 2.73. The van der Waals surface area contributed by atoms with Crippen LogP contribution in [0.5, 0.6) is 0 Å². The number of benzene rings is 2. The first-order valence-corrected chi connectivity index (χ1v) is 8.92. The van der Waals surface area contributed by atoms with Crippen molar-refractivity contribution >= 4 is 22.4 Å². The van der Waals surface area contributed by atoms with Gasteiger partial charge in [0.15, 0.2) is 5.13 Å². The summed E-state index contributed by atoms with van der Waals surface area (Å²) in [6, 6.07) is 21.3. The molecule has 6 heteroatoms. The molecule has 4 rings (SSSR count). The molecule has 0 radical (unpaired) electrons. The maximum absolute atomic E-state index is 12.3. The predicted molar refractivity (Wildman–Crippen MR) is 101 cm³/mol. The van der Waals surface area contributed by atoms with Crippen LogP contribution in [0.4, 0.5) is 5.13 Å². The summed E-state index contributed by atoms with van der Waals surface area (Å²) in [4.78, 5) is 17.7. The number of thiazole rings is 1. The average molecular weight is 361 g/mol. The SMILES string of the molecule is O=C(Nc1ncc(Cc2ccccc2)s1)c1cc(-c2ccccc2)no1. The Morgan fingerprint density at radius 2 is 1.77 bits per heavy atom. The van der Waals surface area contributed by atoms with Gasteiger partial charge in [0.25, 0.3) is 5.91 Å². The quantitative estimate of drug-likeness (QED) is 0.562. The average Bonchev–Trinajstić information content (AvgIpc) is 3.33. The van der Waals surface area contributed by atoms with Gasteiger partial charge in [0.2, 0.25) is 5.76 Å². The summed E-state index contributed by atoms with van der Waals surface area (Å²) < 4.78 is 5.17. The van der Waals surface area contributed by atoms with Gasteiger partial charge in [0.1, 0.15) is 5.69 Å². The Hall–Kier alpha value is -3.25. The van der Waals surface area contributed by atoms with Gasteiger partial charge in [0.05, 0.1) is 0 Å². The van der Waals surface area contributed by atoms with Crippen molar-refractivity contribution in [2.75, 3.05) is 5.32 Å². The molecule has 0 bridgehead atoms. The van der Waals surface area contributed by atoms with E-state index in [1.54, 1.807) is 12.3 Å². The summed E-state index contributed by atoms with van der Waals surface area (Å²) in [5.74, 6) is -0.205. The first-order chi connectivity index (χ1) is 12.8. The number of hydrogen-bond donors (Lipinski definition) is 1. The Balaban J connectivity index is 1.43. The lowest BCUT2D eigenvalue weighted by Crippen LogP contribution is -2.10. The van der Waals surface area contributed by atoms with Crippen LogP contribution in [0.15, 0.2) is 77.4 Å². The number of amides is 1. The van der Waals surface area contributed by atoms with Gasteiger partial charge in [-0.2, -0.15) is 0 Å². The fraction of sp³-hybridized carbons (Fsp3) is 0.0500. The highest BCUT2D eigenvalue weighted by Gasteiger charge is 2.15. The van der Waals surface area contributed by atoms with E-state index in [4.69, 9.17) is 4.52 Å². The molecule has 1 N–H and O–H groups in total. The van der Waals surface area contributed by atoms with Crippen molar-refractivity contribution in [3.63, 3.8) is 0 Å². The molecule has 0 aliphatic carbocycles. The Labute approximate surface area is 154 Å². The molecule has 2 heterocycles. The van der Waals surface area contributed by atoms with Crippen LogP contribution in [0.2, 0.25) is 0 Å². The van der Waals surface area contributed by atoms with E-state index in [-0.39, 0.29) is 11.7 Å². The molecular weight excluding hydrogens is 346 g/mol. The minimum atomic E-state index is -0.361. The van der Waals surface area contributed by atoms with Gasteiger partial charge in [-0.1, -0.05) is 65.8 Å². The zero-order valence-electron chi connectivity index (χ0n) is 13.8. The van der Waals surface area contributed by atoms with E-state index >= 15 is 0 Å². The third-order valence-corrected chi connectivity index (χ3v) is 4.71. The van der Waals surface area contributed by atoms with Crippen LogP contribution < -0.4 is 5.32 Å². The maximum Gasteiger partial charge on any atom is 0.296 e. The number of nitrogens with one attached hydrogen (secondary N) is 1. The molecule has 128 valence electrons. The Bertz CT molecular complexity index is 1010. The molecule has 0 aliphatic heterocycles. The molecule has 0 spiro atoms. The van der Waals surface area contributed by atoms with Crippen molar-refractivity contribution in [1.29, 1.82) is 0 Å². The number of anilines is 1. The topological polar surface area (TPSA) is 68.0 Å². The number of carbonyl (C=O) groups excluding carboxylic acids is 1. The summed E-state index contributed by atoms with van der Waals surface area (Å²) in [7, 11) is 0. The van der Waals surface area contributed by atoms with Crippen LogP contribution in [0.3, 0.4) is 0 Å². The first-order valence-electron chi connectivity index (χ1n) is 8.10. The second kappa shape index (κ2) is 7.33. The summed E-state index contributed by atoms with van der Waals surface area (Å²) >= 11 is 1.45.